The molecule has 2 nitrogen and oxygen atoms in total. The summed E-state index contributed by atoms with van der Waals surface area (Å²) >= 11 is 0. The average Bonchev–Trinajstić information content (AvgIpc) is 2.65. The van der Waals surface area contributed by atoms with E-state index in [1.165, 1.54) is 51.4 Å². The van der Waals surface area contributed by atoms with Gasteiger partial charge < -0.3 is 10.2 Å². The fraction of sp³-hybridized carbons (Fsp3) is 0.926. The van der Waals surface area contributed by atoms with E-state index in [9.17, 15) is 10.2 Å². The summed E-state index contributed by atoms with van der Waals surface area (Å²) in [6.45, 7) is 12.4. The molecule has 2 heteroatoms. The molecular formula is C27H44O2. The first-order valence-corrected chi connectivity index (χ1v) is 12.7. The van der Waals surface area contributed by atoms with E-state index >= 15 is 0 Å². The Hall–Kier alpha value is -0.340. The van der Waals surface area contributed by atoms with Crippen LogP contribution in [0.1, 0.15) is 92.4 Å². The van der Waals surface area contributed by atoms with Gasteiger partial charge in [0, 0.05) is 0 Å². The van der Waals surface area contributed by atoms with Gasteiger partial charge in [-0.1, -0.05) is 59.1 Å². The molecule has 4 fully saturated rings. The monoisotopic (exact) mass is 400 g/mol. The molecule has 0 radical (unpaired) electrons. The Bertz CT molecular complexity index is 699. The van der Waals surface area contributed by atoms with Gasteiger partial charge in [-0.2, -0.15) is 0 Å². The third kappa shape index (κ3) is 2.67. The minimum atomic E-state index is -0.549. The van der Waals surface area contributed by atoms with E-state index in [0.717, 1.165) is 24.2 Å². The second-order valence-corrected chi connectivity index (χ2v) is 12.9. The highest BCUT2D eigenvalue weighted by atomic mass is 16.3. The van der Waals surface area contributed by atoms with Crippen molar-refractivity contribution in [2.75, 3.05) is 0 Å². The van der Waals surface area contributed by atoms with E-state index in [4.69, 9.17) is 0 Å². The van der Waals surface area contributed by atoms with Crippen LogP contribution in [0.15, 0.2) is 11.6 Å². The molecule has 0 aromatic rings. The second-order valence-electron chi connectivity index (χ2n) is 12.9. The van der Waals surface area contributed by atoms with Gasteiger partial charge in [0.15, 0.2) is 0 Å². The van der Waals surface area contributed by atoms with Gasteiger partial charge in [-0.05, 0) is 96.7 Å². The number of rotatable bonds is 0. The van der Waals surface area contributed by atoms with E-state index in [-0.39, 0.29) is 11.3 Å². The fourth-order valence-electron chi connectivity index (χ4n) is 10.2. The molecular weight excluding hydrogens is 356 g/mol. The lowest BCUT2D eigenvalue weighted by Crippen LogP contribution is -2.62. The maximum Gasteiger partial charge on any atom is 0.0827 e. The molecule has 0 bridgehead atoms. The topological polar surface area (TPSA) is 40.5 Å². The van der Waals surface area contributed by atoms with Crippen molar-refractivity contribution in [3.63, 3.8) is 0 Å². The second kappa shape index (κ2) is 6.58. The number of aliphatic hydroxyl groups excluding tert-OH is 2. The largest absolute Gasteiger partial charge is 0.390 e. The molecule has 164 valence electrons. The number of hydrogen-bond donors (Lipinski definition) is 2. The Kier molecular flexibility index (Phi) is 4.66. The summed E-state index contributed by atoms with van der Waals surface area (Å²) in [7, 11) is 0. The number of fused-ring (bicyclic) bond motifs is 7. The van der Waals surface area contributed by atoms with Crippen molar-refractivity contribution in [3.8, 4) is 0 Å². The van der Waals surface area contributed by atoms with Crippen LogP contribution in [0, 0.1) is 51.8 Å². The normalized spacial score (nSPS) is 59.6. The highest BCUT2D eigenvalue weighted by molar-refractivity contribution is 5.28. The quantitative estimate of drug-likeness (QED) is 0.492. The predicted octanol–water partition coefficient (Wildman–Crippen LogP) is 5.97. The van der Waals surface area contributed by atoms with Crippen molar-refractivity contribution in [3.05, 3.63) is 11.6 Å². The van der Waals surface area contributed by atoms with Crippen LogP contribution in [0.3, 0.4) is 0 Å². The molecule has 5 aliphatic rings. The van der Waals surface area contributed by atoms with Crippen LogP contribution in [0.25, 0.3) is 0 Å². The van der Waals surface area contributed by atoms with Crippen LogP contribution in [0.2, 0.25) is 0 Å². The lowest BCUT2D eigenvalue weighted by molar-refractivity contribution is -0.189. The SMILES string of the molecule is CC1CCCC2(C)CCC3C(=CCC4C3(C)CC[C@H]3C(C)C(O)[C@H](O)CC43C)C12. The van der Waals surface area contributed by atoms with Crippen LogP contribution >= 0.6 is 0 Å². The first-order chi connectivity index (χ1) is 13.6. The molecule has 0 spiro atoms. The lowest BCUT2D eigenvalue weighted by Gasteiger charge is -2.67. The van der Waals surface area contributed by atoms with E-state index in [1.807, 2.05) is 5.57 Å². The molecule has 0 aromatic carbocycles. The summed E-state index contributed by atoms with van der Waals surface area (Å²) in [5.41, 5.74) is 2.90. The van der Waals surface area contributed by atoms with Crippen molar-refractivity contribution in [1.82, 2.24) is 0 Å². The molecule has 0 aliphatic heterocycles. The lowest BCUT2D eigenvalue weighted by atomic mass is 9.38. The molecule has 9 unspecified atom stereocenters. The highest BCUT2D eigenvalue weighted by Gasteiger charge is 2.63. The molecule has 0 saturated heterocycles. The van der Waals surface area contributed by atoms with Gasteiger partial charge in [0.2, 0.25) is 0 Å². The molecule has 5 rings (SSSR count). The molecule has 0 heterocycles. The summed E-state index contributed by atoms with van der Waals surface area (Å²) in [5, 5.41) is 21.3. The zero-order chi connectivity index (χ0) is 20.8. The molecule has 5 aliphatic carbocycles. The van der Waals surface area contributed by atoms with E-state index in [0.29, 0.717) is 22.7 Å². The smallest absolute Gasteiger partial charge is 0.0827 e. The molecule has 0 amide bonds. The third-order valence-corrected chi connectivity index (χ3v) is 11.5. The van der Waals surface area contributed by atoms with Gasteiger partial charge in [-0.15, -0.1) is 0 Å². The molecule has 2 N–H and O–H groups in total. The van der Waals surface area contributed by atoms with Gasteiger partial charge in [0.05, 0.1) is 12.2 Å². The molecule has 11 atom stereocenters. The standard InChI is InChI=1S/C27H44O2/c1-16-7-6-12-25(3)13-10-20-18(23(16)25)8-9-22-26(20,4)14-11-19-17(2)24(29)21(28)15-27(19,22)5/h8,16-17,19-24,28-29H,6-7,9-15H2,1-5H3/t16?,17?,19-,20?,21+,22?,23?,24?,25?,26?,27?/m0/s1. The van der Waals surface area contributed by atoms with Crippen LogP contribution in [0.5, 0.6) is 0 Å². The van der Waals surface area contributed by atoms with Crippen molar-refractivity contribution in [1.29, 1.82) is 0 Å². The third-order valence-electron chi connectivity index (χ3n) is 11.5. The molecule has 0 aromatic heterocycles. The first kappa shape index (κ1) is 20.6. The van der Waals surface area contributed by atoms with E-state index < -0.39 is 12.2 Å². The maximum atomic E-state index is 10.7. The van der Waals surface area contributed by atoms with Gasteiger partial charge in [-0.3, -0.25) is 0 Å². The maximum absolute atomic E-state index is 10.7. The molecule has 29 heavy (non-hydrogen) atoms. The van der Waals surface area contributed by atoms with Crippen molar-refractivity contribution in [2.24, 2.45) is 51.8 Å². The Labute approximate surface area is 178 Å². The summed E-state index contributed by atoms with van der Waals surface area (Å²) in [6.07, 6.45) is 13.2. The Morgan fingerprint density at radius 3 is 2.45 bits per heavy atom. The Morgan fingerprint density at radius 2 is 1.69 bits per heavy atom. The van der Waals surface area contributed by atoms with Gasteiger partial charge in [-0.25, -0.2) is 0 Å². The minimum absolute atomic E-state index is 0.159. The Morgan fingerprint density at radius 1 is 0.931 bits per heavy atom. The Balaban J connectivity index is 1.53. The fourth-order valence-corrected chi connectivity index (χ4v) is 10.2. The van der Waals surface area contributed by atoms with E-state index in [2.05, 4.69) is 40.7 Å². The number of aliphatic hydroxyl groups is 2. The van der Waals surface area contributed by atoms with Crippen molar-refractivity contribution < 1.29 is 10.2 Å². The number of hydrogen-bond acceptors (Lipinski definition) is 2. The first-order valence-electron chi connectivity index (χ1n) is 12.7. The number of allylic oxidation sites excluding steroid dienone is 2. The van der Waals surface area contributed by atoms with Crippen molar-refractivity contribution in [2.45, 2.75) is 105 Å². The van der Waals surface area contributed by atoms with Gasteiger partial charge >= 0.3 is 0 Å². The van der Waals surface area contributed by atoms with Crippen LogP contribution in [-0.2, 0) is 0 Å². The van der Waals surface area contributed by atoms with Crippen LogP contribution < -0.4 is 0 Å². The van der Waals surface area contributed by atoms with Crippen molar-refractivity contribution >= 4 is 0 Å². The zero-order valence-corrected chi connectivity index (χ0v) is 19.5. The van der Waals surface area contributed by atoms with Gasteiger partial charge in [0.1, 0.15) is 0 Å². The summed E-state index contributed by atoms with van der Waals surface area (Å²) in [5.74, 6) is 3.80. The highest BCUT2D eigenvalue weighted by Crippen LogP contribution is 2.70. The minimum Gasteiger partial charge on any atom is -0.390 e. The van der Waals surface area contributed by atoms with Gasteiger partial charge in [0.25, 0.3) is 0 Å². The van der Waals surface area contributed by atoms with Crippen LogP contribution in [0.4, 0.5) is 0 Å². The summed E-state index contributed by atoms with van der Waals surface area (Å²) in [6, 6.07) is 0. The average molecular weight is 401 g/mol. The zero-order valence-electron chi connectivity index (χ0n) is 19.5. The van der Waals surface area contributed by atoms with Crippen LogP contribution in [-0.4, -0.2) is 22.4 Å². The van der Waals surface area contributed by atoms with E-state index in [1.54, 1.807) is 0 Å². The summed E-state index contributed by atoms with van der Waals surface area (Å²) < 4.78 is 0. The predicted molar refractivity (Wildman–Crippen MR) is 118 cm³/mol. The summed E-state index contributed by atoms with van der Waals surface area (Å²) in [4.78, 5) is 0. The molecule has 4 saturated carbocycles.